The van der Waals surface area contributed by atoms with Gasteiger partial charge < -0.3 is 9.47 Å². The van der Waals surface area contributed by atoms with Gasteiger partial charge >= 0.3 is 0 Å². The van der Waals surface area contributed by atoms with Crippen LogP contribution < -0.4 is 4.90 Å². The molecule has 0 spiro atoms. The molecule has 0 unspecified atom stereocenters. The number of aromatic nitrogens is 3. The van der Waals surface area contributed by atoms with E-state index in [1.54, 1.807) is 0 Å². The van der Waals surface area contributed by atoms with E-state index in [9.17, 15) is 0 Å². The minimum atomic E-state index is 0.703. The van der Waals surface area contributed by atoms with Crippen LogP contribution >= 0.6 is 0 Å². The van der Waals surface area contributed by atoms with Crippen LogP contribution in [0.15, 0.2) is 267 Å². The summed E-state index contributed by atoms with van der Waals surface area (Å²) in [5, 5.41) is 1.07. The number of hydrogen-bond donors (Lipinski definition) is 0. The van der Waals surface area contributed by atoms with E-state index in [-0.39, 0.29) is 0 Å². The predicted molar refractivity (Wildman–Crippen MR) is 284 cm³/mol. The zero-order valence-corrected chi connectivity index (χ0v) is 37.2. The van der Waals surface area contributed by atoms with E-state index in [2.05, 4.69) is 258 Å². The molecule has 12 aromatic rings. The molecule has 2 aromatic heterocycles. The van der Waals surface area contributed by atoms with Gasteiger partial charge in [0.05, 0.1) is 16.7 Å². The number of anilines is 3. The van der Waals surface area contributed by atoms with Crippen molar-refractivity contribution in [3.63, 3.8) is 0 Å². The van der Waals surface area contributed by atoms with Gasteiger partial charge in [-0.05, 0) is 105 Å². The Hall–Kier alpha value is -9.12. The van der Waals surface area contributed by atoms with Crippen LogP contribution in [-0.4, -0.2) is 14.5 Å². The zero-order valence-electron chi connectivity index (χ0n) is 37.2. The Balaban J connectivity index is 0.947. The fourth-order valence-electron chi connectivity index (χ4n) is 9.40. The van der Waals surface area contributed by atoms with Gasteiger partial charge in [-0.1, -0.05) is 206 Å². The van der Waals surface area contributed by atoms with Crippen LogP contribution in [0.2, 0.25) is 0 Å². The van der Waals surface area contributed by atoms with Crippen molar-refractivity contribution in [3.8, 4) is 72.8 Å². The molecule has 0 atom stereocenters. The smallest absolute Gasteiger partial charge is 0.160 e. The quantitative estimate of drug-likeness (QED) is 0.137. The Morgan fingerprint density at radius 3 is 1.09 bits per heavy atom. The highest BCUT2D eigenvalue weighted by Gasteiger charge is 2.22. The van der Waals surface area contributed by atoms with Crippen molar-refractivity contribution < 1.29 is 0 Å². The van der Waals surface area contributed by atoms with Gasteiger partial charge in [-0.15, -0.1) is 0 Å². The van der Waals surface area contributed by atoms with Gasteiger partial charge in [0.2, 0.25) is 0 Å². The number of nitrogens with zero attached hydrogens (tertiary/aromatic N) is 4. The second-order valence-electron chi connectivity index (χ2n) is 17.0. The molecule has 0 fully saturated rings. The molecule has 4 heteroatoms. The minimum absolute atomic E-state index is 0.703. The van der Waals surface area contributed by atoms with Crippen molar-refractivity contribution in [1.82, 2.24) is 14.5 Å². The van der Waals surface area contributed by atoms with Gasteiger partial charge in [0, 0.05) is 39.3 Å². The first kappa shape index (κ1) is 40.4. The van der Waals surface area contributed by atoms with Gasteiger partial charge in [-0.3, -0.25) is 0 Å². The molecule has 0 saturated carbocycles. The molecule has 68 heavy (non-hydrogen) atoms. The summed E-state index contributed by atoms with van der Waals surface area (Å²) in [5.74, 6) is 0.703. The SMILES string of the molecule is c1ccc(-c2ccc(N(c3ccc(-c4ccccc4)cc3)c3ccc(-c4ccc(-n5c6cc(-c7ccccc7)ccc6c6nc(-c7ccccc7)nc(-c7ccccc7)c65)cc4)cc3)cc2)cc1. The summed E-state index contributed by atoms with van der Waals surface area (Å²) < 4.78 is 2.35. The topological polar surface area (TPSA) is 34.0 Å². The largest absolute Gasteiger partial charge is 0.311 e. The third-order valence-electron chi connectivity index (χ3n) is 12.8. The van der Waals surface area contributed by atoms with E-state index in [1.165, 1.54) is 22.3 Å². The molecular formula is C64H44N4. The van der Waals surface area contributed by atoms with Crippen LogP contribution in [0.3, 0.4) is 0 Å². The van der Waals surface area contributed by atoms with Crippen molar-refractivity contribution in [3.05, 3.63) is 267 Å². The number of benzene rings is 10. The first-order chi connectivity index (χ1) is 33.7. The lowest BCUT2D eigenvalue weighted by atomic mass is 10.0. The van der Waals surface area contributed by atoms with Crippen LogP contribution in [0.4, 0.5) is 17.1 Å². The zero-order chi connectivity index (χ0) is 45.2. The summed E-state index contributed by atoms with van der Waals surface area (Å²) in [5.41, 5.74) is 19.5. The maximum Gasteiger partial charge on any atom is 0.160 e. The molecule has 0 aliphatic heterocycles. The Kier molecular flexibility index (Phi) is 10.5. The van der Waals surface area contributed by atoms with Crippen molar-refractivity contribution in [2.75, 3.05) is 4.90 Å². The molecule has 0 N–H and O–H groups in total. The number of rotatable bonds is 10. The molecule has 0 bridgehead atoms. The Morgan fingerprint density at radius 2 is 0.647 bits per heavy atom. The summed E-state index contributed by atoms with van der Waals surface area (Å²) in [6, 6.07) is 94.7. The molecule has 0 radical (unpaired) electrons. The van der Waals surface area contributed by atoms with Crippen molar-refractivity contribution in [2.24, 2.45) is 0 Å². The molecular weight excluding hydrogens is 825 g/mol. The van der Waals surface area contributed by atoms with Crippen LogP contribution in [0.5, 0.6) is 0 Å². The highest BCUT2D eigenvalue weighted by Crippen LogP contribution is 2.41. The summed E-state index contributed by atoms with van der Waals surface area (Å²) >= 11 is 0. The average molecular weight is 869 g/mol. The first-order valence-electron chi connectivity index (χ1n) is 23.1. The summed E-state index contributed by atoms with van der Waals surface area (Å²) in [6.07, 6.45) is 0. The molecule has 0 aliphatic carbocycles. The monoisotopic (exact) mass is 868 g/mol. The molecule has 0 aliphatic rings. The van der Waals surface area contributed by atoms with Crippen LogP contribution in [0, 0.1) is 0 Å². The fourth-order valence-corrected chi connectivity index (χ4v) is 9.40. The maximum atomic E-state index is 5.34. The fraction of sp³-hybridized carbons (Fsp3) is 0. The second-order valence-corrected chi connectivity index (χ2v) is 17.0. The Labute approximate surface area is 396 Å². The van der Waals surface area contributed by atoms with E-state index in [0.717, 1.165) is 83.8 Å². The second kappa shape index (κ2) is 17.7. The van der Waals surface area contributed by atoms with Gasteiger partial charge in [-0.2, -0.15) is 0 Å². The van der Waals surface area contributed by atoms with E-state index in [0.29, 0.717) is 5.82 Å². The highest BCUT2D eigenvalue weighted by molar-refractivity contribution is 6.12. The Morgan fingerprint density at radius 1 is 0.294 bits per heavy atom. The summed E-state index contributed by atoms with van der Waals surface area (Å²) in [4.78, 5) is 13.0. The standard InChI is InChI=1S/C64H44N4/c1-6-16-45(17-7-1)48-26-35-55(36-27-48)67(56-37-28-49(29-38-56)46-18-8-2-9-19-46)57-39-30-50(31-40-57)51-32-41-58(42-33-51)68-60-44-54(47-20-10-3-11-21-47)34-43-59(60)62-63(68)61(52-22-12-4-13-23-52)65-64(66-62)53-24-14-5-15-25-53/h1-44H. The lowest BCUT2D eigenvalue weighted by Crippen LogP contribution is -2.09. The van der Waals surface area contributed by atoms with Crippen molar-refractivity contribution in [1.29, 1.82) is 0 Å². The molecule has 12 rings (SSSR count). The first-order valence-corrected chi connectivity index (χ1v) is 23.1. The van der Waals surface area contributed by atoms with E-state index in [4.69, 9.17) is 9.97 Å². The number of fused-ring (bicyclic) bond motifs is 3. The summed E-state index contributed by atoms with van der Waals surface area (Å²) in [6.45, 7) is 0. The van der Waals surface area contributed by atoms with Gasteiger partial charge in [0.15, 0.2) is 5.82 Å². The molecule has 4 nitrogen and oxygen atoms in total. The molecule has 10 aromatic carbocycles. The van der Waals surface area contributed by atoms with Crippen LogP contribution in [-0.2, 0) is 0 Å². The maximum absolute atomic E-state index is 5.34. The van der Waals surface area contributed by atoms with Crippen LogP contribution in [0.1, 0.15) is 0 Å². The lowest BCUT2D eigenvalue weighted by molar-refractivity contribution is 1.15. The van der Waals surface area contributed by atoms with E-state index in [1.807, 2.05) is 18.2 Å². The lowest BCUT2D eigenvalue weighted by Gasteiger charge is -2.26. The molecule has 2 heterocycles. The van der Waals surface area contributed by atoms with Gasteiger partial charge in [0.1, 0.15) is 5.52 Å². The van der Waals surface area contributed by atoms with Crippen molar-refractivity contribution in [2.45, 2.75) is 0 Å². The van der Waals surface area contributed by atoms with E-state index < -0.39 is 0 Å². The normalized spacial score (nSPS) is 11.2. The van der Waals surface area contributed by atoms with Gasteiger partial charge in [-0.25, -0.2) is 9.97 Å². The van der Waals surface area contributed by atoms with Crippen LogP contribution in [0.25, 0.3) is 94.8 Å². The molecule has 0 saturated heterocycles. The third kappa shape index (κ3) is 7.70. The number of hydrogen-bond acceptors (Lipinski definition) is 3. The van der Waals surface area contributed by atoms with E-state index >= 15 is 0 Å². The Bertz CT molecular complexity index is 3570. The highest BCUT2D eigenvalue weighted by atomic mass is 15.1. The molecule has 320 valence electrons. The van der Waals surface area contributed by atoms with Crippen molar-refractivity contribution >= 4 is 39.0 Å². The predicted octanol–water partition coefficient (Wildman–Crippen LogP) is 17.0. The summed E-state index contributed by atoms with van der Waals surface area (Å²) in [7, 11) is 0. The third-order valence-corrected chi connectivity index (χ3v) is 12.8. The average Bonchev–Trinajstić information content (AvgIpc) is 3.76. The minimum Gasteiger partial charge on any atom is -0.311 e. The molecule has 0 amide bonds. The van der Waals surface area contributed by atoms with Gasteiger partial charge in [0.25, 0.3) is 0 Å².